The fourth-order valence-electron chi connectivity index (χ4n) is 2.98. The lowest BCUT2D eigenvalue weighted by Gasteiger charge is -2.33. The molecular weight excluding hydrogens is 319 g/mol. The Morgan fingerprint density at radius 1 is 1.20 bits per heavy atom. The number of aromatic nitrogens is 2. The largest absolute Gasteiger partial charge is 0.373 e. The van der Waals surface area contributed by atoms with Gasteiger partial charge in [-0.05, 0) is 49.9 Å². The molecule has 1 fully saturated rings. The quantitative estimate of drug-likeness (QED) is 0.855. The number of anilines is 1. The zero-order chi connectivity index (χ0) is 17.8. The molecule has 3 rings (SSSR count). The summed E-state index contributed by atoms with van der Waals surface area (Å²) in [7, 11) is 0. The van der Waals surface area contributed by atoms with Crippen LogP contribution in [0.25, 0.3) is 0 Å². The van der Waals surface area contributed by atoms with Crippen LogP contribution in [0.5, 0.6) is 0 Å². The van der Waals surface area contributed by atoms with Gasteiger partial charge in [0, 0.05) is 13.1 Å². The van der Waals surface area contributed by atoms with Gasteiger partial charge in [0.25, 0.3) is 0 Å². The molecule has 2 heterocycles. The molecule has 25 heavy (non-hydrogen) atoms. The van der Waals surface area contributed by atoms with Gasteiger partial charge in [0.15, 0.2) is 5.82 Å². The Hall–Kier alpha value is -2.52. The Balaban J connectivity index is 1.58. The molecule has 2 aromatic rings. The highest BCUT2D eigenvalue weighted by atomic mass is 19.1. The average Bonchev–Trinajstić information content (AvgIpc) is 2.64. The van der Waals surface area contributed by atoms with Crippen LogP contribution in [0.2, 0.25) is 0 Å². The lowest BCUT2D eigenvalue weighted by atomic mass is 10.1. The van der Waals surface area contributed by atoms with Crippen molar-refractivity contribution in [3.05, 3.63) is 52.5 Å². The van der Waals surface area contributed by atoms with Crippen molar-refractivity contribution in [3.8, 4) is 6.07 Å². The monoisotopic (exact) mass is 340 g/mol. The summed E-state index contributed by atoms with van der Waals surface area (Å²) < 4.78 is 18.9. The van der Waals surface area contributed by atoms with Gasteiger partial charge in [0.1, 0.15) is 17.4 Å². The number of hydrogen-bond acceptors (Lipinski definition) is 5. The maximum atomic E-state index is 12.9. The van der Waals surface area contributed by atoms with E-state index in [-0.39, 0.29) is 11.9 Å². The standard InChI is InChI=1S/C19H21FN4O/c1-13-14(2)22-23-19(18(13)11-21)24-9-7-17(8-10-24)25-12-15-3-5-16(20)6-4-15/h3-6,17H,7-10,12H2,1-2H3. The number of hydrogen-bond donors (Lipinski definition) is 0. The zero-order valence-corrected chi connectivity index (χ0v) is 14.5. The van der Waals surface area contributed by atoms with Crippen molar-refractivity contribution >= 4 is 5.82 Å². The third-order valence-corrected chi connectivity index (χ3v) is 4.69. The lowest BCUT2D eigenvalue weighted by Crippen LogP contribution is -2.38. The maximum absolute atomic E-state index is 12.9. The summed E-state index contributed by atoms with van der Waals surface area (Å²) in [6.45, 7) is 5.81. The van der Waals surface area contributed by atoms with Gasteiger partial charge in [0.05, 0.1) is 18.4 Å². The second kappa shape index (κ2) is 7.58. The lowest BCUT2D eigenvalue weighted by molar-refractivity contribution is 0.0250. The van der Waals surface area contributed by atoms with Crippen molar-refractivity contribution in [1.82, 2.24) is 10.2 Å². The molecule has 0 radical (unpaired) electrons. The second-order valence-corrected chi connectivity index (χ2v) is 6.34. The SMILES string of the molecule is Cc1nnc(N2CCC(OCc3ccc(F)cc3)CC2)c(C#N)c1C. The van der Waals surface area contributed by atoms with Crippen LogP contribution in [0.1, 0.15) is 35.2 Å². The molecule has 1 aromatic carbocycles. The Kier molecular flexibility index (Phi) is 5.25. The zero-order valence-electron chi connectivity index (χ0n) is 14.5. The first-order valence-corrected chi connectivity index (χ1v) is 8.43. The normalized spacial score (nSPS) is 15.2. The van der Waals surface area contributed by atoms with E-state index >= 15 is 0 Å². The molecule has 0 bridgehead atoms. The number of aryl methyl sites for hydroxylation is 1. The number of ether oxygens (including phenoxy) is 1. The molecule has 1 aliphatic rings. The molecule has 130 valence electrons. The smallest absolute Gasteiger partial charge is 0.169 e. The molecule has 0 amide bonds. The van der Waals surface area contributed by atoms with Crippen LogP contribution >= 0.6 is 0 Å². The van der Waals surface area contributed by atoms with Gasteiger partial charge < -0.3 is 9.64 Å². The minimum Gasteiger partial charge on any atom is -0.373 e. The van der Waals surface area contributed by atoms with Crippen LogP contribution in [0, 0.1) is 31.0 Å². The van der Waals surface area contributed by atoms with E-state index in [1.165, 1.54) is 12.1 Å². The Bertz CT molecular complexity index is 777. The second-order valence-electron chi connectivity index (χ2n) is 6.34. The highest BCUT2D eigenvalue weighted by Gasteiger charge is 2.24. The summed E-state index contributed by atoms with van der Waals surface area (Å²) in [5.41, 5.74) is 3.26. The summed E-state index contributed by atoms with van der Waals surface area (Å²) in [5.74, 6) is 0.433. The molecular formula is C19H21FN4O. The van der Waals surface area contributed by atoms with Gasteiger partial charge in [-0.2, -0.15) is 10.4 Å². The van der Waals surface area contributed by atoms with Crippen LogP contribution in [0.4, 0.5) is 10.2 Å². The fraction of sp³-hybridized carbons (Fsp3) is 0.421. The van der Waals surface area contributed by atoms with Crippen molar-refractivity contribution in [3.63, 3.8) is 0 Å². The van der Waals surface area contributed by atoms with Crippen molar-refractivity contribution in [1.29, 1.82) is 5.26 Å². The molecule has 6 heteroatoms. The van der Waals surface area contributed by atoms with Gasteiger partial charge in [-0.15, -0.1) is 5.10 Å². The predicted octanol–water partition coefficient (Wildman–Crippen LogP) is 3.29. The van der Waals surface area contributed by atoms with E-state index in [4.69, 9.17) is 4.74 Å². The summed E-state index contributed by atoms with van der Waals surface area (Å²) in [4.78, 5) is 2.11. The van der Waals surface area contributed by atoms with Crippen molar-refractivity contribution in [2.75, 3.05) is 18.0 Å². The summed E-state index contributed by atoms with van der Waals surface area (Å²) in [6.07, 6.45) is 1.88. The Labute approximate surface area is 147 Å². The first-order chi connectivity index (χ1) is 12.1. The summed E-state index contributed by atoms with van der Waals surface area (Å²) in [6, 6.07) is 8.64. The Morgan fingerprint density at radius 3 is 2.52 bits per heavy atom. The highest BCUT2D eigenvalue weighted by molar-refractivity contribution is 5.57. The molecule has 5 nitrogen and oxygen atoms in total. The minimum absolute atomic E-state index is 0.159. The topological polar surface area (TPSA) is 62.0 Å². The highest BCUT2D eigenvalue weighted by Crippen LogP contribution is 2.25. The van der Waals surface area contributed by atoms with Gasteiger partial charge in [-0.25, -0.2) is 4.39 Å². The van der Waals surface area contributed by atoms with E-state index in [1.807, 2.05) is 13.8 Å². The molecule has 0 atom stereocenters. The third kappa shape index (κ3) is 3.94. The molecule has 1 aromatic heterocycles. The fourth-order valence-corrected chi connectivity index (χ4v) is 2.98. The number of benzene rings is 1. The molecule has 0 saturated carbocycles. The van der Waals surface area contributed by atoms with Gasteiger partial charge in [-0.3, -0.25) is 0 Å². The van der Waals surface area contributed by atoms with E-state index in [0.717, 1.165) is 42.8 Å². The van der Waals surface area contributed by atoms with E-state index in [2.05, 4.69) is 21.2 Å². The predicted molar refractivity (Wildman–Crippen MR) is 92.6 cm³/mol. The van der Waals surface area contributed by atoms with Crippen LogP contribution < -0.4 is 4.90 Å². The van der Waals surface area contributed by atoms with Crippen molar-refractivity contribution in [2.45, 2.75) is 39.4 Å². The number of nitrogens with zero attached hydrogens (tertiary/aromatic N) is 4. The van der Waals surface area contributed by atoms with Crippen LogP contribution in [0.3, 0.4) is 0 Å². The minimum atomic E-state index is -0.236. The number of piperidine rings is 1. The molecule has 0 unspecified atom stereocenters. The van der Waals surface area contributed by atoms with Crippen molar-refractivity contribution < 1.29 is 9.13 Å². The third-order valence-electron chi connectivity index (χ3n) is 4.69. The first-order valence-electron chi connectivity index (χ1n) is 8.43. The van der Waals surface area contributed by atoms with Gasteiger partial charge in [-0.1, -0.05) is 12.1 Å². The molecule has 0 spiro atoms. The van der Waals surface area contributed by atoms with Crippen LogP contribution in [-0.2, 0) is 11.3 Å². The Morgan fingerprint density at radius 2 is 1.88 bits per heavy atom. The number of rotatable bonds is 4. The van der Waals surface area contributed by atoms with E-state index in [0.29, 0.717) is 18.0 Å². The van der Waals surface area contributed by atoms with Gasteiger partial charge >= 0.3 is 0 Å². The average molecular weight is 340 g/mol. The maximum Gasteiger partial charge on any atom is 0.169 e. The molecule has 0 N–H and O–H groups in total. The summed E-state index contributed by atoms with van der Waals surface area (Å²) >= 11 is 0. The molecule has 1 aliphatic heterocycles. The number of halogens is 1. The van der Waals surface area contributed by atoms with E-state index in [1.54, 1.807) is 12.1 Å². The van der Waals surface area contributed by atoms with Crippen molar-refractivity contribution in [2.24, 2.45) is 0 Å². The molecule has 1 saturated heterocycles. The summed E-state index contributed by atoms with van der Waals surface area (Å²) in [5, 5.41) is 17.8. The number of nitriles is 1. The van der Waals surface area contributed by atoms with E-state index < -0.39 is 0 Å². The van der Waals surface area contributed by atoms with Crippen LogP contribution in [-0.4, -0.2) is 29.4 Å². The van der Waals surface area contributed by atoms with Gasteiger partial charge in [0.2, 0.25) is 0 Å². The van der Waals surface area contributed by atoms with E-state index in [9.17, 15) is 9.65 Å². The first kappa shape index (κ1) is 17.3. The van der Waals surface area contributed by atoms with Crippen LogP contribution in [0.15, 0.2) is 24.3 Å². The molecule has 0 aliphatic carbocycles.